The van der Waals surface area contributed by atoms with Crippen LogP contribution in [0.1, 0.15) is 25.0 Å². The van der Waals surface area contributed by atoms with E-state index in [1.807, 2.05) is 0 Å². The van der Waals surface area contributed by atoms with Gasteiger partial charge in [-0.3, -0.25) is 18.7 Å². The monoisotopic (exact) mass is 802 g/mol. The van der Waals surface area contributed by atoms with Gasteiger partial charge in [-0.1, -0.05) is 12.1 Å². The Morgan fingerprint density at radius 2 is 0.929 bits per heavy atom. The first kappa shape index (κ1) is 39.4. The molecule has 0 saturated carbocycles. The quantitative estimate of drug-likeness (QED) is 0.101. The van der Waals surface area contributed by atoms with Crippen LogP contribution in [0.2, 0.25) is 0 Å². The summed E-state index contributed by atoms with van der Waals surface area (Å²) in [5.41, 5.74) is 3.43. The molecule has 0 saturated heterocycles. The van der Waals surface area contributed by atoms with Crippen molar-refractivity contribution in [2.45, 2.75) is 23.6 Å². The molecule has 18 heteroatoms. The number of ether oxygens (including phenoxy) is 4. The van der Waals surface area contributed by atoms with Gasteiger partial charge in [0.25, 0.3) is 32.1 Å². The second-order valence-electron chi connectivity index (χ2n) is 12.2. The van der Waals surface area contributed by atoms with Gasteiger partial charge >= 0.3 is 0 Å². The minimum absolute atomic E-state index is 0.131. The normalized spacial score (nSPS) is 16.0. The molecule has 2 N–H and O–H groups in total. The van der Waals surface area contributed by atoms with Gasteiger partial charge in [-0.05, 0) is 110 Å². The lowest BCUT2D eigenvalue weighted by molar-refractivity contribution is -0.115. The lowest BCUT2D eigenvalue weighted by Gasteiger charge is -2.14. The van der Waals surface area contributed by atoms with Crippen LogP contribution in [0.15, 0.2) is 116 Å². The molecule has 0 fully saturated rings. The van der Waals surface area contributed by atoms with Crippen LogP contribution in [0, 0.1) is 0 Å². The Labute approximate surface area is 322 Å². The lowest BCUT2D eigenvalue weighted by atomic mass is 10.1. The zero-order chi connectivity index (χ0) is 40.4. The highest BCUT2D eigenvalue weighted by atomic mass is 32.2. The summed E-state index contributed by atoms with van der Waals surface area (Å²) < 4.78 is 86.9. The molecule has 6 rings (SSSR count). The first-order valence-corrected chi connectivity index (χ1v) is 19.5. The summed E-state index contributed by atoms with van der Waals surface area (Å²) >= 11 is 0. The molecule has 2 aliphatic rings. The Morgan fingerprint density at radius 1 is 0.571 bits per heavy atom. The molecular formula is C38H34N4O12S2. The Balaban J connectivity index is 1.07. The van der Waals surface area contributed by atoms with Crippen molar-refractivity contribution < 1.29 is 54.5 Å². The summed E-state index contributed by atoms with van der Waals surface area (Å²) in [6.45, 7) is 3.61. The van der Waals surface area contributed by atoms with E-state index in [9.17, 15) is 35.5 Å². The Kier molecular flexibility index (Phi) is 11.1. The van der Waals surface area contributed by atoms with Crippen molar-refractivity contribution in [1.82, 2.24) is 0 Å². The summed E-state index contributed by atoms with van der Waals surface area (Å²) in [6.07, 6.45) is 3.30. The summed E-state index contributed by atoms with van der Waals surface area (Å²) in [6, 6.07) is 20.5. The highest BCUT2D eigenvalue weighted by Gasteiger charge is 2.30. The first-order chi connectivity index (χ1) is 26.6. The van der Waals surface area contributed by atoms with E-state index in [0.717, 1.165) is 10.0 Å². The molecule has 2 amide bonds. The molecule has 4 aromatic carbocycles. The number of carbonyl (C=O) groups is 2. The second kappa shape index (κ2) is 15.8. The molecule has 0 radical (unpaired) electrons. The molecule has 0 unspecified atom stereocenters. The summed E-state index contributed by atoms with van der Waals surface area (Å²) in [4.78, 5) is 25.9. The average Bonchev–Trinajstić information content (AvgIpc) is 3.61. The topological polar surface area (TPSA) is 211 Å². The number of anilines is 2. The van der Waals surface area contributed by atoms with E-state index < -0.39 is 32.1 Å². The first-order valence-electron chi connectivity index (χ1n) is 16.6. The third kappa shape index (κ3) is 8.47. The number of hydrazone groups is 2. The number of nitrogens with zero attached hydrogens (tertiary/aromatic N) is 4. The fourth-order valence-corrected chi connectivity index (χ4v) is 6.62. The minimum atomic E-state index is -4.38. The maximum atomic E-state index is 13.2. The summed E-state index contributed by atoms with van der Waals surface area (Å²) in [7, 11) is -5.80. The zero-order valence-electron chi connectivity index (χ0n) is 30.2. The van der Waals surface area contributed by atoms with Gasteiger partial charge in [0, 0.05) is 0 Å². The van der Waals surface area contributed by atoms with Crippen LogP contribution in [-0.4, -0.2) is 76.6 Å². The molecule has 0 aliphatic carbocycles. The molecule has 0 spiro atoms. The van der Waals surface area contributed by atoms with Gasteiger partial charge in [-0.15, -0.1) is 0 Å². The molecular weight excluding hydrogens is 769 g/mol. The zero-order valence-corrected chi connectivity index (χ0v) is 31.9. The fraction of sp³-hybridized carbons (Fsp3) is 0.158. The SMILES string of the molecule is COc1cc(/C=C2\C(=O)N(c3ccc(S(=O)(=O)O)cc3)N=C2C)ccc1OCCOc1ccc(/C=C2/C(=O)N(c3ccc(S(=O)(=O)O)cc3)N=C2C)cc1OC. The predicted octanol–water partition coefficient (Wildman–Crippen LogP) is 5.27. The maximum Gasteiger partial charge on any atom is 0.294 e. The van der Waals surface area contributed by atoms with Crippen molar-refractivity contribution in [3.05, 3.63) is 107 Å². The van der Waals surface area contributed by atoms with E-state index in [-0.39, 0.29) is 23.0 Å². The third-order valence-corrected chi connectivity index (χ3v) is 10.2. The molecule has 2 aliphatic heterocycles. The molecule has 56 heavy (non-hydrogen) atoms. The van der Waals surface area contributed by atoms with Gasteiger partial charge in [-0.2, -0.15) is 37.1 Å². The van der Waals surface area contributed by atoms with E-state index in [2.05, 4.69) is 10.2 Å². The largest absolute Gasteiger partial charge is 0.493 e. The standard InChI is InChI=1S/C38H34N4O12S2/c1-23-31(37(43)41(39-23)27-7-11-29(12-8-27)55(45,46)47)19-25-5-15-33(35(21-25)51-3)53-17-18-54-34-16-6-26(22-36(34)52-4)20-32-24(2)40-42(38(32)44)28-9-13-30(14-10-28)56(48,49)50/h5-16,19-22H,17-18H2,1-4H3,(H,45,46,47)(H,48,49,50)/b31-19-,32-20+. The van der Waals surface area contributed by atoms with Gasteiger partial charge in [-0.25, -0.2) is 0 Å². The van der Waals surface area contributed by atoms with E-state index >= 15 is 0 Å². The van der Waals surface area contributed by atoms with Crippen LogP contribution in [0.3, 0.4) is 0 Å². The van der Waals surface area contributed by atoms with Gasteiger partial charge < -0.3 is 18.9 Å². The van der Waals surface area contributed by atoms with E-state index in [1.54, 1.807) is 62.4 Å². The molecule has 0 atom stereocenters. The van der Waals surface area contributed by atoms with E-state index in [0.29, 0.717) is 68.1 Å². The van der Waals surface area contributed by atoms with Crippen LogP contribution in [0.25, 0.3) is 12.2 Å². The van der Waals surface area contributed by atoms with Crippen LogP contribution in [0.4, 0.5) is 11.4 Å². The number of hydrogen-bond acceptors (Lipinski definition) is 12. The highest BCUT2D eigenvalue weighted by molar-refractivity contribution is 7.86. The van der Waals surface area contributed by atoms with Crippen molar-refractivity contribution in [2.24, 2.45) is 10.2 Å². The van der Waals surface area contributed by atoms with E-state index in [4.69, 9.17) is 18.9 Å². The van der Waals surface area contributed by atoms with Crippen LogP contribution < -0.4 is 29.0 Å². The molecule has 0 bridgehead atoms. The maximum absolute atomic E-state index is 13.2. The lowest BCUT2D eigenvalue weighted by Crippen LogP contribution is -2.21. The predicted molar refractivity (Wildman–Crippen MR) is 207 cm³/mol. The minimum Gasteiger partial charge on any atom is -0.493 e. The number of methoxy groups -OCH3 is 2. The van der Waals surface area contributed by atoms with Gasteiger partial charge in [0.2, 0.25) is 0 Å². The number of carbonyl (C=O) groups excluding carboxylic acids is 2. The average molecular weight is 803 g/mol. The summed E-state index contributed by atoms with van der Waals surface area (Å²) in [5.74, 6) is 0.813. The van der Waals surface area contributed by atoms with Crippen LogP contribution in [-0.2, 0) is 29.8 Å². The second-order valence-corrected chi connectivity index (χ2v) is 15.0. The van der Waals surface area contributed by atoms with Gasteiger partial charge in [0.1, 0.15) is 13.2 Å². The fourth-order valence-electron chi connectivity index (χ4n) is 5.66. The molecule has 16 nitrogen and oxygen atoms in total. The van der Waals surface area contributed by atoms with E-state index in [1.165, 1.54) is 62.8 Å². The van der Waals surface area contributed by atoms with Gasteiger partial charge in [0.05, 0.1) is 58.0 Å². The molecule has 0 aromatic heterocycles. The van der Waals surface area contributed by atoms with Gasteiger partial charge in [0.15, 0.2) is 23.0 Å². The van der Waals surface area contributed by atoms with Crippen LogP contribution in [0.5, 0.6) is 23.0 Å². The number of rotatable bonds is 13. The molecule has 290 valence electrons. The number of benzene rings is 4. The van der Waals surface area contributed by atoms with Crippen molar-refractivity contribution in [1.29, 1.82) is 0 Å². The Hall–Kier alpha value is -6.34. The van der Waals surface area contributed by atoms with Crippen molar-refractivity contribution in [3.8, 4) is 23.0 Å². The molecule has 4 aromatic rings. The Morgan fingerprint density at radius 3 is 1.25 bits per heavy atom. The summed E-state index contributed by atoms with van der Waals surface area (Å²) in [5, 5.41) is 10.9. The smallest absolute Gasteiger partial charge is 0.294 e. The van der Waals surface area contributed by atoms with Crippen molar-refractivity contribution in [3.63, 3.8) is 0 Å². The highest BCUT2D eigenvalue weighted by Crippen LogP contribution is 2.33. The van der Waals surface area contributed by atoms with Crippen molar-refractivity contribution in [2.75, 3.05) is 37.5 Å². The number of amides is 2. The number of hydrogen-bond donors (Lipinski definition) is 2. The van der Waals surface area contributed by atoms with Crippen LogP contribution >= 0.6 is 0 Å². The third-order valence-electron chi connectivity index (χ3n) is 8.48. The van der Waals surface area contributed by atoms with Crippen molar-refractivity contribution >= 4 is 67.0 Å². The molecule has 2 heterocycles. The Bertz CT molecular complexity index is 2390.